The number of primary amides is 1. The van der Waals surface area contributed by atoms with Gasteiger partial charge in [0.15, 0.2) is 11.6 Å². The maximum Gasteiger partial charge on any atom is 0.396 e. The molecule has 6 aromatic rings. The predicted octanol–water partition coefficient (Wildman–Crippen LogP) is 6.36. The molecule has 88 heavy (non-hydrogen) atoms. The minimum Gasteiger partial charge on any atom is -0.488 e. The van der Waals surface area contributed by atoms with Gasteiger partial charge in [0.1, 0.15) is 36.5 Å². The van der Waals surface area contributed by atoms with Gasteiger partial charge in [0.2, 0.25) is 35.4 Å². The molecule has 7 atom stereocenters. The van der Waals surface area contributed by atoms with Crippen molar-refractivity contribution in [2.24, 2.45) is 11.1 Å². The molecular formula is C63H73FN9O13PS. The summed E-state index contributed by atoms with van der Waals surface area (Å²) in [5.74, 6) is -4.49. The molecule has 3 aliphatic rings. The molecule has 466 valence electrons. The second-order valence-electron chi connectivity index (χ2n) is 24.0. The number of carbonyl (C=O) groups excluding carboxylic acids is 8. The number of unbranched alkanes of at least 4 members (excludes halogenated alkanes) is 2. The molecule has 0 saturated carbocycles. The van der Waals surface area contributed by atoms with E-state index in [4.69, 9.17) is 10.5 Å². The number of hydrogen-bond acceptors (Lipinski definition) is 13. The number of thiazole rings is 1. The molecule has 22 nitrogen and oxygen atoms in total. The van der Waals surface area contributed by atoms with E-state index in [1.54, 1.807) is 29.0 Å². The molecule has 0 spiro atoms. The molecule has 1 fully saturated rings. The number of H-pyrrole nitrogens is 1. The maximum absolute atomic E-state index is 15.4. The Balaban J connectivity index is 0.769. The minimum absolute atomic E-state index is 0.00772. The Morgan fingerprint density at radius 2 is 1.65 bits per heavy atom. The highest BCUT2D eigenvalue weighted by molar-refractivity contribution is 7.70. The number of likely N-dealkylation sites (tertiary alicyclic amines) is 1. The average molecular weight is 1250 g/mol. The number of anilines is 1. The standard InChI is InChI=1S/C63H73FN9O13PS/c1-34(37-15-17-39(18-16-37)55-35(2)66-33-88-55)67-58(78)49-30-44(74)31-72(49)61(81)56(63(3,4)5)71-53(76)13-8-6-7-10-36-14-22-45(64)51(26-36)86-32-43(21-25-52(65)75)68-59(79)50-29-40-12-9-11-38-19-24-47(60(80)73(50)54(38)40)70-57(77)48-28-42-27-41(20-23-46(42)69-48)62(82)87(83,84)85/h9,11-12,14-18,20,22-23,26-28,33-34,43-44,47,49-50,56,69,74H,6-8,10,13,19,21,24-25,29-32H2,1-5H3,(H2,65,75)(H,67,78)(H,68,79)(H,70,77)(H,71,76)(H2,83,84,85)/t34-,43-,44+,47-,49-,50-,56+/m0/s1. The first kappa shape index (κ1) is 64.3. The van der Waals surface area contributed by atoms with Gasteiger partial charge in [-0.3, -0.25) is 47.8 Å². The number of aromatic nitrogens is 2. The van der Waals surface area contributed by atoms with Gasteiger partial charge in [-0.05, 0) is 122 Å². The number of benzene rings is 4. The van der Waals surface area contributed by atoms with Crippen LogP contribution in [0.2, 0.25) is 0 Å². The lowest BCUT2D eigenvalue weighted by Crippen LogP contribution is -2.57. The maximum atomic E-state index is 15.4. The Labute approximate surface area is 511 Å². The van der Waals surface area contributed by atoms with E-state index in [0.717, 1.165) is 38.4 Å². The van der Waals surface area contributed by atoms with Crippen LogP contribution < -0.4 is 36.6 Å². The Hall–Kier alpha value is -8.15. The summed E-state index contributed by atoms with van der Waals surface area (Å²) < 4.78 is 33.0. The lowest BCUT2D eigenvalue weighted by molar-refractivity contribution is -0.144. The first-order valence-electron chi connectivity index (χ1n) is 29.3. The summed E-state index contributed by atoms with van der Waals surface area (Å²) >= 11 is 1.55. The Morgan fingerprint density at radius 1 is 0.909 bits per heavy atom. The molecule has 1 saturated heterocycles. The highest BCUT2D eigenvalue weighted by Gasteiger charge is 2.46. The molecule has 0 radical (unpaired) electrons. The third kappa shape index (κ3) is 15.0. The van der Waals surface area contributed by atoms with Crippen molar-refractivity contribution >= 4 is 82.4 Å². The van der Waals surface area contributed by atoms with Crippen molar-refractivity contribution in [3.05, 3.63) is 135 Å². The van der Waals surface area contributed by atoms with Crippen molar-refractivity contribution in [3.8, 4) is 16.2 Å². The van der Waals surface area contributed by atoms with Crippen molar-refractivity contribution in [2.45, 2.75) is 148 Å². The Bertz CT molecular complexity index is 3710. The number of carbonyl (C=O) groups is 8. The van der Waals surface area contributed by atoms with Crippen LogP contribution in [0.1, 0.15) is 134 Å². The summed E-state index contributed by atoms with van der Waals surface area (Å²) in [6.07, 6.45) is 1.91. The molecule has 2 aromatic heterocycles. The average Bonchev–Trinajstić information content (AvgIpc) is 1.78. The molecule has 25 heteroatoms. The summed E-state index contributed by atoms with van der Waals surface area (Å²) in [6, 6.07) is 17.6. The van der Waals surface area contributed by atoms with Crippen LogP contribution in [0, 0.1) is 18.2 Å². The van der Waals surface area contributed by atoms with Crippen LogP contribution in [0.4, 0.5) is 10.1 Å². The Kier molecular flexibility index (Phi) is 19.8. The number of β-amino-alcohol motifs (C(OH)–C–C–N with tert-alkyl or cyclic N) is 1. The summed E-state index contributed by atoms with van der Waals surface area (Å²) in [7, 11) is -5.07. The van der Waals surface area contributed by atoms with Crippen LogP contribution in [0.15, 0.2) is 90.4 Å². The fourth-order valence-corrected chi connectivity index (χ4v) is 12.9. The fourth-order valence-electron chi connectivity index (χ4n) is 11.6. The van der Waals surface area contributed by atoms with Gasteiger partial charge in [0.25, 0.3) is 11.4 Å². The zero-order valence-electron chi connectivity index (χ0n) is 49.5. The normalized spacial score (nSPS) is 18.4. The molecule has 4 aromatic carbocycles. The molecule has 0 aliphatic carbocycles. The van der Waals surface area contributed by atoms with Crippen LogP contribution in [0.5, 0.6) is 5.75 Å². The molecule has 0 bridgehead atoms. The number of nitrogens with zero attached hydrogens (tertiary/aromatic N) is 3. The minimum atomic E-state index is -5.07. The number of aromatic amines is 1. The van der Waals surface area contributed by atoms with Crippen LogP contribution in [-0.2, 0) is 52.6 Å². The number of fused-ring (bicyclic) bond motifs is 1. The van der Waals surface area contributed by atoms with Crippen molar-refractivity contribution in [1.29, 1.82) is 0 Å². The number of aliphatic hydroxyl groups is 1. The van der Waals surface area contributed by atoms with Gasteiger partial charge in [-0.1, -0.05) is 75.7 Å². The third-order valence-electron chi connectivity index (χ3n) is 16.3. The Morgan fingerprint density at radius 3 is 2.35 bits per heavy atom. The monoisotopic (exact) mass is 1250 g/mol. The van der Waals surface area contributed by atoms with Gasteiger partial charge >= 0.3 is 7.60 Å². The van der Waals surface area contributed by atoms with Crippen LogP contribution in [0.25, 0.3) is 21.3 Å². The number of nitrogens with two attached hydrogens (primary N) is 1. The van der Waals surface area contributed by atoms with Gasteiger partial charge < -0.3 is 56.5 Å². The largest absolute Gasteiger partial charge is 0.488 e. The zero-order valence-corrected chi connectivity index (χ0v) is 51.2. The molecule has 3 aliphatic heterocycles. The van der Waals surface area contributed by atoms with E-state index in [1.165, 1.54) is 40.1 Å². The van der Waals surface area contributed by atoms with E-state index in [1.807, 2.05) is 77.1 Å². The summed E-state index contributed by atoms with van der Waals surface area (Å²) in [4.78, 5) is 138. The number of hydrogen-bond donors (Lipinski definition) is 9. The third-order valence-corrected chi connectivity index (χ3v) is 18.1. The first-order valence-corrected chi connectivity index (χ1v) is 31.8. The van der Waals surface area contributed by atoms with Gasteiger partial charge in [-0.2, -0.15) is 0 Å². The summed E-state index contributed by atoms with van der Waals surface area (Å²) in [5.41, 5.74) is 11.0. The van der Waals surface area contributed by atoms with Gasteiger partial charge in [0.05, 0.1) is 40.0 Å². The summed E-state index contributed by atoms with van der Waals surface area (Å²) in [6.45, 7) is 8.92. The van der Waals surface area contributed by atoms with Crippen LogP contribution >= 0.6 is 18.9 Å². The number of aryl methyl sites for hydroxylation is 3. The van der Waals surface area contributed by atoms with Crippen molar-refractivity contribution < 1.29 is 66.9 Å². The van der Waals surface area contributed by atoms with E-state index in [0.29, 0.717) is 48.7 Å². The number of rotatable bonds is 24. The smallest absolute Gasteiger partial charge is 0.396 e. The van der Waals surface area contributed by atoms with Crippen molar-refractivity contribution in [3.63, 3.8) is 0 Å². The van der Waals surface area contributed by atoms with Crippen molar-refractivity contribution in [1.82, 2.24) is 36.1 Å². The zero-order chi connectivity index (χ0) is 63.4. The molecule has 10 N–H and O–H groups in total. The first-order chi connectivity index (χ1) is 41.7. The van der Waals surface area contributed by atoms with Crippen LogP contribution in [-0.4, -0.2) is 126 Å². The number of aliphatic hydroxyl groups excluding tert-OH is 1. The summed E-state index contributed by atoms with van der Waals surface area (Å²) in [5, 5.41) is 22.7. The quantitative estimate of drug-likeness (QED) is 0.0235. The van der Waals surface area contributed by atoms with E-state index >= 15 is 4.39 Å². The second-order valence-corrected chi connectivity index (χ2v) is 26.3. The predicted molar refractivity (Wildman–Crippen MR) is 326 cm³/mol. The van der Waals surface area contributed by atoms with Crippen LogP contribution in [0.3, 0.4) is 0 Å². The number of nitrogens with one attached hydrogen (secondary N) is 5. The number of amides is 7. The van der Waals surface area contributed by atoms with E-state index in [2.05, 4.69) is 31.2 Å². The van der Waals surface area contributed by atoms with Gasteiger partial charge in [0, 0.05) is 48.7 Å². The van der Waals surface area contributed by atoms with Crippen molar-refractivity contribution in [2.75, 3.05) is 18.1 Å². The van der Waals surface area contributed by atoms with Gasteiger partial charge in [-0.25, -0.2) is 9.37 Å². The van der Waals surface area contributed by atoms with Gasteiger partial charge in [-0.15, -0.1) is 11.3 Å². The molecular weight excluding hydrogens is 1170 g/mol. The number of para-hydroxylation sites is 1. The van der Waals surface area contributed by atoms with E-state index < -0.39 is 102 Å². The SMILES string of the molecule is Cc1ncsc1-c1ccc([C@H](C)NC(=O)[C@@H]2C[C@@H](O)CN2C(=O)[C@@H](NC(=O)CCCCCc2ccc(F)c(OC[C@H](CCC(N)=O)NC(=O)[C@@H]3Cc4cccc5c4N3C(=O)[C@@H](NC(=O)c3cc4cc(C(=O)P(=O)(O)O)ccc4[nH]3)CC5)c2)C(C)(C)C)cc1. The number of ether oxygens (including phenoxy) is 1. The molecule has 9 rings (SSSR count). The fraction of sp³-hybridized carbons (Fsp3) is 0.413. The molecule has 5 heterocycles. The second kappa shape index (κ2) is 27.1. The lowest BCUT2D eigenvalue weighted by Gasteiger charge is -2.35. The van der Waals surface area contributed by atoms with E-state index in [-0.39, 0.29) is 74.6 Å². The highest BCUT2D eigenvalue weighted by Crippen LogP contribution is 2.41. The van der Waals surface area contributed by atoms with E-state index in [9.17, 15) is 57.8 Å². The molecule has 7 amide bonds. The lowest BCUT2D eigenvalue weighted by atomic mass is 9.85. The molecule has 0 unspecified atom stereocenters. The topological polar surface area (TPSA) is 333 Å². The highest BCUT2D eigenvalue weighted by atomic mass is 32.1. The number of halogens is 1.